The van der Waals surface area contributed by atoms with Crippen molar-refractivity contribution < 1.29 is 22.4 Å². The molecule has 2 rings (SSSR count). The van der Waals surface area contributed by atoms with Gasteiger partial charge in [0.2, 0.25) is 11.8 Å². The molecule has 2 aromatic carbocycles. The van der Waals surface area contributed by atoms with Gasteiger partial charge in [-0.25, -0.2) is 8.70 Å². The third kappa shape index (κ3) is 7.80. The van der Waals surface area contributed by atoms with E-state index in [0.29, 0.717) is 26.5 Å². The van der Waals surface area contributed by atoms with Crippen molar-refractivity contribution in [2.24, 2.45) is 0 Å². The molecular weight excluding hydrogens is 542 g/mol. The Morgan fingerprint density at radius 3 is 2.19 bits per heavy atom. The number of halogens is 3. The van der Waals surface area contributed by atoms with Gasteiger partial charge < -0.3 is 10.2 Å². The van der Waals surface area contributed by atoms with Gasteiger partial charge in [-0.15, -0.1) is 0 Å². The molecule has 0 aliphatic rings. The fraction of sp³-hybridized carbons (Fsp3) is 0.440. The van der Waals surface area contributed by atoms with Crippen LogP contribution in [0.1, 0.15) is 38.7 Å². The first-order valence-electron chi connectivity index (χ1n) is 11.9. The van der Waals surface area contributed by atoms with Gasteiger partial charge in [-0.1, -0.05) is 61.7 Å². The van der Waals surface area contributed by atoms with Crippen molar-refractivity contribution in [2.75, 3.05) is 31.5 Å². The van der Waals surface area contributed by atoms with Crippen LogP contribution in [0.2, 0.25) is 10.0 Å². The molecule has 1 N–H and O–H groups in total. The van der Waals surface area contributed by atoms with Gasteiger partial charge in [-0.05, 0) is 37.1 Å². The summed E-state index contributed by atoms with van der Waals surface area (Å²) in [6.45, 7) is 3.26. The summed E-state index contributed by atoms with van der Waals surface area (Å²) in [5.74, 6) is -1.92. The zero-order valence-electron chi connectivity index (χ0n) is 21.4. The lowest BCUT2D eigenvalue weighted by Crippen LogP contribution is -2.53. The molecule has 0 spiro atoms. The second-order valence-corrected chi connectivity index (χ2v) is 11.4. The molecule has 37 heavy (non-hydrogen) atoms. The zero-order valence-corrected chi connectivity index (χ0v) is 23.7. The van der Waals surface area contributed by atoms with Gasteiger partial charge in [0, 0.05) is 42.8 Å². The molecule has 0 aromatic heterocycles. The number of carbonyl (C=O) groups is 2. The van der Waals surface area contributed by atoms with Gasteiger partial charge in [-0.2, -0.15) is 12.7 Å². The van der Waals surface area contributed by atoms with E-state index in [1.54, 1.807) is 25.1 Å². The molecule has 0 saturated carbocycles. The van der Waals surface area contributed by atoms with Crippen LogP contribution in [0.5, 0.6) is 0 Å². The Morgan fingerprint density at radius 2 is 1.65 bits per heavy atom. The third-order valence-corrected chi connectivity index (χ3v) is 8.26. The fourth-order valence-electron chi connectivity index (χ4n) is 3.64. The number of para-hydroxylation sites is 1. The van der Waals surface area contributed by atoms with Crippen molar-refractivity contribution in [3.8, 4) is 0 Å². The minimum Gasteiger partial charge on any atom is -0.354 e. The molecule has 0 bridgehead atoms. The van der Waals surface area contributed by atoms with Crippen molar-refractivity contribution in [1.29, 1.82) is 0 Å². The summed E-state index contributed by atoms with van der Waals surface area (Å²) < 4.78 is 42.6. The van der Waals surface area contributed by atoms with E-state index in [1.165, 1.54) is 37.2 Å². The smallest absolute Gasteiger partial charge is 0.304 e. The average molecular weight is 576 g/mol. The van der Waals surface area contributed by atoms with Crippen molar-refractivity contribution in [1.82, 2.24) is 14.5 Å². The maximum absolute atomic E-state index is 14.7. The molecule has 0 aliphatic heterocycles. The fourth-order valence-corrected chi connectivity index (χ4v) is 5.22. The number of benzene rings is 2. The van der Waals surface area contributed by atoms with Crippen LogP contribution >= 0.6 is 23.2 Å². The van der Waals surface area contributed by atoms with Crippen molar-refractivity contribution in [3.63, 3.8) is 0 Å². The van der Waals surface area contributed by atoms with Crippen molar-refractivity contribution in [3.05, 3.63) is 63.9 Å². The Balaban J connectivity index is 2.54. The highest BCUT2D eigenvalue weighted by molar-refractivity contribution is 7.90. The van der Waals surface area contributed by atoms with Crippen LogP contribution in [0.3, 0.4) is 0 Å². The van der Waals surface area contributed by atoms with Crippen LogP contribution in [0, 0.1) is 5.82 Å². The topological polar surface area (TPSA) is 90.0 Å². The van der Waals surface area contributed by atoms with E-state index in [9.17, 15) is 22.4 Å². The van der Waals surface area contributed by atoms with Crippen molar-refractivity contribution >= 4 is 50.9 Å². The number of hydrogen-bond donors (Lipinski definition) is 1. The minimum absolute atomic E-state index is 0.149. The summed E-state index contributed by atoms with van der Waals surface area (Å²) in [7, 11) is -1.71. The van der Waals surface area contributed by atoms with E-state index in [0.717, 1.165) is 23.2 Å². The van der Waals surface area contributed by atoms with E-state index in [2.05, 4.69) is 5.32 Å². The Morgan fingerprint density at radius 1 is 1.03 bits per heavy atom. The van der Waals surface area contributed by atoms with E-state index < -0.39 is 34.5 Å². The van der Waals surface area contributed by atoms with E-state index >= 15 is 0 Å². The molecule has 204 valence electrons. The SMILES string of the molecule is CCCCNC(=O)C(CC)N(Cc1c(Cl)cccc1Cl)C(=O)CN(c1ccccc1F)S(=O)(=O)N(C)C. The van der Waals surface area contributed by atoms with Gasteiger partial charge in [0.15, 0.2) is 0 Å². The normalized spacial score (nSPS) is 12.3. The number of rotatable bonds is 13. The maximum atomic E-state index is 14.7. The van der Waals surface area contributed by atoms with E-state index in [1.807, 2.05) is 6.92 Å². The van der Waals surface area contributed by atoms with Gasteiger partial charge in [-0.3, -0.25) is 9.59 Å². The number of carbonyl (C=O) groups excluding carboxylic acids is 2. The Kier molecular flexibility index (Phi) is 11.6. The number of amides is 2. The highest BCUT2D eigenvalue weighted by Crippen LogP contribution is 2.28. The van der Waals surface area contributed by atoms with Crippen LogP contribution in [0.15, 0.2) is 42.5 Å². The largest absolute Gasteiger partial charge is 0.354 e. The lowest BCUT2D eigenvalue weighted by Gasteiger charge is -2.34. The molecule has 1 unspecified atom stereocenters. The Labute approximate surface area is 228 Å². The summed E-state index contributed by atoms with van der Waals surface area (Å²) >= 11 is 12.7. The lowest BCUT2D eigenvalue weighted by atomic mass is 10.1. The Hall–Kier alpha value is -2.40. The van der Waals surface area contributed by atoms with Crippen LogP contribution in [-0.2, 0) is 26.3 Å². The predicted molar refractivity (Wildman–Crippen MR) is 145 cm³/mol. The van der Waals surface area contributed by atoms with Crippen LogP contribution in [-0.4, -0.2) is 62.7 Å². The molecule has 0 aliphatic carbocycles. The number of unbranched alkanes of at least 4 members (excludes halogenated alkanes) is 1. The van der Waals surface area contributed by atoms with Gasteiger partial charge in [0.05, 0.1) is 5.69 Å². The monoisotopic (exact) mass is 574 g/mol. The highest BCUT2D eigenvalue weighted by Gasteiger charge is 2.35. The zero-order chi connectivity index (χ0) is 27.8. The first-order valence-corrected chi connectivity index (χ1v) is 14.1. The second-order valence-electron chi connectivity index (χ2n) is 8.54. The molecule has 8 nitrogen and oxygen atoms in total. The summed E-state index contributed by atoms with van der Waals surface area (Å²) in [5, 5.41) is 3.41. The van der Waals surface area contributed by atoms with Crippen molar-refractivity contribution in [2.45, 2.75) is 45.7 Å². The van der Waals surface area contributed by atoms with Crippen LogP contribution in [0.4, 0.5) is 10.1 Å². The van der Waals surface area contributed by atoms with Gasteiger partial charge in [0.1, 0.15) is 18.4 Å². The first kappa shape index (κ1) is 30.8. The Bertz CT molecular complexity index is 1180. The second kappa shape index (κ2) is 13.9. The minimum atomic E-state index is -4.28. The quantitative estimate of drug-likeness (QED) is 0.357. The molecule has 0 heterocycles. The van der Waals surface area contributed by atoms with E-state index in [-0.39, 0.29) is 24.6 Å². The molecule has 1 atom stereocenters. The lowest BCUT2D eigenvalue weighted by molar-refractivity contribution is -0.140. The summed E-state index contributed by atoms with van der Waals surface area (Å²) in [6, 6.07) is 9.19. The third-order valence-electron chi connectivity index (χ3n) is 5.75. The molecule has 0 fully saturated rings. The van der Waals surface area contributed by atoms with Crippen LogP contribution in [0.25, 0.3) is 0 Å². The number of hydrogen-bond acceptors (Lipinski definition) is 4. The maximum Gasteiger partial charge on any atom is 0.304 e. The molecule has 0 radical (unpaired) electrons. The van der Waals surface area contributed by atoms with Gasteiger partial charge in [0.25, 0.3) is 0 Å². The molecule has 2 amide bonds. The number of anilines is 1. The average Bonchev–Trinajstić information content (AvgIpc) is 2.84. The standard InChI is InChI=1S/C25H33Cl2FN4O4S/c1-5-7-15-29-25(34)22(6-2)31(16-18-19(26)11-10-12-20(18)27)24(33)17-32(37(35,36)30(3)4)23-14-9-8-13-21(23)28/h8-14,22H,5-7,15-17H2,1-4H3,(H,29,34). The number of nitrogens with zero attached hydrogens (tertiary/aromatic N) is 3. The molecule has 0 saturated heterocycles. The predicted octanol–water partition coefficient (Wildman–Crippen LogP) is 4.47. The summed E-state index contributed by atoms with van der Waals surface area (Å²) in [4.78, 5) is 28.1. The molecular formula is C25H33Cl2FN4O4S. The van der Waals surface area contributed by atoms with Crippen LogP contribution < -0.4 is 9.62 Å². The molecule has 12 heteroatoms. The summed E-state index contributed by atoms with van der Waals surface area (Å²) in [5.41, 5.74) is 0.118. The van der Waals surface area contributed by atoms with Gasteiger partial charge >= 0.3 is 10.2 Å². The first-order chi connectivity index (χ1) is 17.4. The number of nitrogens with one attached hydrogen (secondary N) is 1. The highest BCUT2D eigenvalue weighted by atomic mass is 35.5. The van der Waals surface area contributed by atoms with E-state index in [4.69, 9.17) is 23.2 Å². The molecule has 2 aromatic rings. The summed E-state index contributed by atoms with van der Waals surface area (Å²) in [6.07, 6.45) is 1.87.